The third-order valence-corrected chi connectivity index (χ3v) is 2.37. The van der Waals surface area contributed by atoms with Crippen molar-refractivity contribution >= 4 is 11.6 Å². The number of hydrogen-bond donors (Lipinski definition) is 0. The van der Waals surface area contributed by atoms with Gasteiger partial charge >= 0.3 is 0 Å². The number of hydrogen-bond acceptors (Lipinski definition) is 0. The third kappa shape index (κ3) is 3.00. The van der Waals surface area contributed by atoms with E-state index in [0.717, 1.165) is 31.2 Å². The maximum atomic E-state index is 13.3. The topological polar surface area (TPSA) is 0 Å². The van der Waals surface area contributed by atoms with Gasteiger partial charge in [0.25, 0.3) is 0 Å². The highest BCUT2D eigenvalue weighted by Gasteiger charge is 2.04. The van der Waals surface area contributed by atoms with Crippen molar-refractivity contribution in [2.45, 2.75) is 32.6 Å². The molecule has 0 aliphatic rings. The first-order chi connectivity index (χ1) is 6.25. The predicted molar refractivity (Wildman–Crippen MR) is 54.6 cm³/mol. The van der Waals surface area contributed by atoms with E-state index in [1.807, 2.05) is 0 Å². The fourth-order valence-corrected chi connectivity index (χ4v) is 1.50. The van der Waals surface area contributed by atoms with E-state index < -0.39 is 0 Å². The summed E-state index contributed by atoms with van der Waals surface area (Å²) in [6.45, 7) is 2.13. The first-order valence-corrected chi connectivity index (χ1v) is 5.06. The lowest BCUT2D eigenvalue weighted by molar-refractivity contribution is 0.599. The summed E-state index contributed by atoms with van der Waals surface area (Å²) in [6, 6.07) is 5.18. The average Bonchev–Trinajstić information content (AvgIpc) is 2.13. The summed E-state index contributed by atoms with van der Waals surface area (Å²) in [5.74, 6) is -0.250. The smallest absolute Gasteiger partial charge is 0.144 e. The van der Waals surface area contributed by atoms with E-state index in [1.54, 1.807) is 18.2 Å². The molecule has 0 aliphatic heterocycles. The average molecular weight is 201 g/mol. The van der Waals surface area contributed by atoms with Gasteiger partial charge in [0.2, 0.25) is 0 Å². The van der Waals surface area contributed by atoms with Crippen LogP contribution in [-0.4, -0.2) is 0 Å². The van der Waals surface area contributed by atoms with Crippen molar-refractivity contribution in [2.75, 3.05) is 0 Å². The summed E-state index contributed by atoms with van der Waals surface area (Å²) >= 11 is 5.65. The van der Waals surface area contributed by atoms with Gasteiger partial charge < -0.3 is 0 Å². The molecule has 72 valence electrons. The van der Waals surface area contributed by atoms with Gasteiger partial charge in [-0.25, -0.2) is 4.39 Å². The Balaban J connectivity index is 2.61. The van der Waals surface area contributed by atoms with E-state index >= 15 is 0 Å². The molecule has 0 bridgehead atoms. The Morgan fingerprint density at radius 2 is 2.08 bits per heavy atom. The largest absolute Gasteiger partial charge is 0.205 e. The van der Waals surface area contributed by atoms with Crippen LogP contribution in [0.25, 0.3) is 0 Å². The molecule has 0 aliphatic carbocycles. The molecule has 1 aromatic carbocycles. The fraction of sp³-hybridized carbons (Fsp3) is 0.455. The van der Waals surface area contributed by atoms with Crippen molar-refractivity contribution in [3.8, 4) is 0 Å². The molecule has 0 amide bonds. The van der Waals surface area contributed by atoms with Gasteiger partial charge in [0.1, 0.15) is 5.82 Å². The summed E-state index contributed by atoms with van der Waals surface area (Å²) in [5, 5.41) is 0.231. The van der Waals surface area contributed by atoms with E-state index in [0.29, 0.717) is 0 Å². The lowest BCUT2D eigenvalue weighted by atomic mass is 10.1. The first kappa shape index (κ1) is 10.5. The summed E-state index contributed by atoms with van der Waals surface area (Å²) < 4.78 is 13.3. The van der Waals surface area contributed by atoms with E-state index in [-0.39, 0.29) is 10.8 Å². The van der Waals surface area contributed by atoms with Crippen LogP contribution < -0.4 is 0 Å². The van der Waals surface area contributed by atoms with Crippen LogP contribution in [0.15, 0.2) is 18.2 Å². The fourth-order valence-electron chi connectivity index (χ4n) is 1.31. The van der Waals surface area contributed by atoms with Crippen LogP contribution in [0.5, 0.6) is 0 Å². The monoisotopic (exact) mass is 200 g/mol. The first-order valence-electron chi connectivity index (χ1n) is 4.68. The zero-order chi connectivity index (χ0) is 9.68. The molecule has 0 spiro atoms. The Labute approximate surface area is 83.7 Å². The van der Waals surface area contributed by atoms with Crippen molar-refractivity contribution in [2.24, 2.45) is 0 Å². The number of benzene rings is 1. The lowest BCUT2D eigenvalue weighted by Crippen LogP contribution is -1.91. The molecule has 0 unspecified atom stereocenters. The maximum absolute atomic E-state index is 13.3. The minimum Gasteiger partial charge on any atom is -0.205 e. The van der Waals surface area contributed by atoms with E-state index in [4.69, 9.17) is 11.6 Å². The summed E-state index contributed by atoms with van der Waals surface area (Å²) in [7, 11) is 0. The highest BCUT2D eigenvalue weighted by molar-refractivity contribution is 6.30. The zero-order valence-electron chi connectivity index (χ0n) is 7.82. The van der Waals surface area contributed by atoms with E-state index in [9.17, 15) is 4.39 Å². The molecule has 0 saturated carbocycles. The number of unbranched alkanes of at least 4 members (excludes halogenated alkanes) is 2. The number of aryl methyl sites for hydroxylation is 1. The van der Waals surface area contributed by atoms with E-state index in [2.05, 4.69) is 6.92 Å². The normalized spacial score (nSPS) is 10.4. The molecule has 1 rings (SSSR count). The van der Waals surface area contributed by atoms with Gasteiger partial charge in [-0.05, 0) is 24.5 Å². The van der Waals surface area contributed by atoms with Gasteiger partial charge in [-0.15, -0.1) is 0 Å². The van der Waals surface area contributed by atoms with Gasteiger partial charge in [0, 0.05) is 0 Å². The Hall–Kier alpha value is -0.560. The second kappa shape index (κ2) is 5.23. The van der Waals surface area contributed by atoms with Crippen LogP contribution in [0, 0.1) is 5.82 Å². The Morgan fingerprint density at radius 3 is 2.77 bits per heavy atom. The maximum Gasteiger partial charge on any atom is 0.144 e. The van der Waals surface area contributed by atoms with Crippen molar-refractivity contribution in [1.29, 1.82) is 0 Å². The van der Waals surface area contributed by atoms with Gasteiger partial charge in [-0.3, -0.25) is 0 Å². The van der Waals surface area contributed by atoms with Crippen molar-refractivity contribution < 1.29 is 4.39 Å². The van der Waals surface area contributed by atoms with Gasteiger partial charge in [-0.1, -0.05) is 43.5 Å². The second-order valence-electron chi connectivity index (χ2n) is 3.17. The van der Waals surface area contributed by atoms with Crippen LogP contribution in [-0.2, 0) is 6.42 Å². The molecule has 2 heteroatoms. The molecular formula is C11H14ClF. The number of halogens is 2. The number of rotatable bonds is 4. The Bertz CT molecular complexity index is 271. The SMILES string of the molecule is CCCCCc1cccc(Cl)c1F. The Kier molecular flexibility index (Phi) is 4.23. The van der Waals surface area contributed by atoms with Gasteiger partial charge in [-0.2, -0.15) is 0 Å². The van der Waals surface area contributed by atoms with Crippen LogP contribution in [0.4, 0.5) is 4.39 Å². The predicted octanol–water partition coefficient (Wildman–Crippen LogP) is 4.21. The van der Waals surface area contributed by atoms with Gasteiger partial charge in [0.05, 0.1) is 5.02 Å². The zero-order valence-corrected chi connectivity index (χ0v) is 8.57. The van der Waals surface area contributed by atoms with Crippen LogP contribution in [0.1, 0.15) is 31.7 Å². The van der Waals surface area contributed by atoms with Gasteiger partial charge in [0.15, 0.2) is 0 Å². The molecule has 1 aromatic rings. The molecule has 0 aromatic heterocycles. The highest BCUT2D eigenvalue weighted by atomic mass is 35.5. The molecule has 0 N–H and O–H groups in total. The van der Waals surface area contributed by atoms with Crippen LogP contribution in [0.2, 0.25) is 5.02 Å². The summed E-state index contributed by atoms with van der Waals surface area (Å²) in [5.41, 5.74) is 0.737. The minimum atomic E-state index is -0.250. The lowest BCUT2D eigenvalue weighted by Gasteiger charge is -2.03. The van der Waals surface area contributed by atoms with Crippen LogP contribution in [0.3, 0.4) is 0 Å². The molecule has 0 nitrogen and oxygen atoms in total. The molecule has 0 heterocycles. The summed E-state index contributed by atoms with van der Waals surface area (Å²) in [6.07, 6.45) is 4.13. The quantitative estimate of drug-likeness (QED) is 0.639. The van der Waals surface area contributed by atoms with E-state index in [1.165, 1.54) is 0 Å². The highest BCUT2D eigenvalue weighted by Crippen LogP contribution is 2.19. The molecule has 0 atom stereocenters. The molecule has 13 heavy (non-hydrogen) atoms. The molecule has 0 fully saturated rings. The minimum absolute atomic E-state index is 0.231. The summed E-state index contributed by atoms with van der Waals surface area (Å²) in [4.78, 5) is 0. The van der Waals surface area contributed by atoms with Crippen LogP contribution >= 0.6 is 11.6 Å². The van der Waals surface area contributed by atoms with Crippen molar-refractivity contribution in [3.05, 3.63) is 34.6 Å². The third-order valence-electron chi connectivity index (χ3n) is 2.08. The molecule has 0 saturated heterocycles. The molecular weight excluding hydrogens is 187 g/mol. The Morgan fingerprint density at radius 1 is 1.31 bits per heavy atom. The van der Waals surface area contributed by atoms with Crippen molar-refractivity contribution in [3.63, 3.8) is 0 Å². The second-order valence-corrected chi connectivity index (χ2v) is 3.58. The molecule has 0 radical (unpaired) electrons. The van der Waals surface area contributed by atoms with Crippen molar-refractivity contribution in [1.82, 2.24) is 0 Å². The standard InChI is InChI=1S/C11H14ClF/c1-2-3-4-6-9-7-5-8-10(12)11(9)13/h5,7-8H,2-4,6H2,1H3.